The maximum atomic E-state index is 11.9. The van der Waals surface area contributed by atoms with E-state index in [1.807, 2.05) is 42.6 Å². The standard InChI is InChI=1S/C14H13N5OS2/c1-9-18-19-14(22-9)17-12(20)7-11-8-21-13(16-11)15-10-5-3-2-4-6-10/h2-6,8H,7H2,1H3,(H,15,16)(H,17,19,20). The Morgan fingerprint density at radius 1 is 1.18 bits per heavy atom. The number of hydrogen-bond donors (Lipinski definition) is 2. The summed E-state index contributed by atoms with van der Waals surface area (Å²) in [7, 11) is 0. The number of para-hydroxylation sites is 1. The molecular weight excluding hydrogens is 318 g/mol. The van der Waals surface area contributed by atoms with Crippen molar-refractivity contribution in [2.45, 2.75) is 13.3 Å². The average molecular weight is 331 g/mol. The highest BCUT2D eigenvalue weighted by molar-refractivity contribution is 7.15. The zero-order valence-electron chi connectivity index (χ0n) is 11.7. The molecule has 0 fully saturated rings. The molecule has 1 amide bonds. The Balaban J connectivity index is 1.58. The van der Waals surface area contributed by atoms with E-state index in [1.165, 1.54) is 22.7 Å². The van der Waals surface area contributed by atoms with Gasteiger partial charge in [0, 0.05) is 11.1 Å². The van der Waals surface area contributed by atoms with Gasteiger partial charge in [-0.2, -0.15) is 0 Å². The number of carbonyl (C=O) groups is 1. The topological polar surface area (TPSA) is 79.8 Å². The van der Waals surface area contributed by atoms with Gasteiger partial charge < -0.3 is 10.6 Å². The molecule has 0 saturated carbocycles. The summed E-state index contributed by atoms with van der Waals surface area (Å²) in [6.07, 6.45) is 0.214. The van der Waals surface area contributed by atoms with Crippen molar-refractivity contribution in [3.8, 4) is 0 Å². The number of aromatic nitrogens is 3. The van der Waals surface area contributed by atoms with Crippen LogP contribution in [0.1, 0.15) is 10.7 Å². The zero-order valence-corrected chi connectivity index (χ0v) is 13.4. The van der Waals surface area contributed by atoms with Crippen molar-refractivity contribution in [2.75, 3.05) is 10.6 Å². The fourth-order valence-electron chi connectivity index (χ4n) is 1.77. The molecule has 1 aromatic carbocycles. The molecule has 0 aliphatic carbocycles. The fraction of sp³-hybridized carbons (Fsp3) is 0.143. The molecule has 2 heterocycles. The third-order valence-corrected chi connectivity index (χ3v) is 4.25. The summed E-state index contributed by atoms with van der Waals surface area (Å²) in [6, 6.07) is 9.79. The molecule has 2 N–H and O–H groups in total. The predicted octanol–water partition coefficient (Wildman–Crippen LogP) is 3.23. The molecule has 112 valence electrons. The van der Waals surface area contributed by atoms with Crippen molar-refractivity contribution < 1.29 is 4.79 Å². The number of rotatable bonds is 5. The van der Waals surface area contributed by atoms with Crippen molar-refractivity contribution in [3.63, 3.8) is 0 Å². The van der Waals surface area contributed by atoms with Crippen LogP contribution in [0.4, 0.5) is 16.0 Å². The number of anilines is 3. The first-order valence-corrected chi connectivity index (χ1v) is 8.25. The minimum Gasteiger partial charge on any atom is -0.332 e. The maximum Gasteiger partial charge on any atom is 0.232 e. The summed E-state index contributed by atoms with van der Waals surface area (Å²) in [5.74, 6) is -0.146. The Morgan fingerprint density at radius 2 is 2.00 bits per heavy atom. The van der Waals surface area contributed by atoms with Crippen LogP contribution >= 0.6 is 22.7 Å². The van der Waals surface area contributed by atoms with Crippen LogP contribution in [0.15, 0.2) is 35.7 Å². The van der Waals surface area contributed by atoms with Gasteiger partial charge in [-0.25, -0.2) is 4.98 Å². The predicted molar refractivity (Wildman–Crippen MR) is 88.8 cm³/mol. The molecule has 0 bridgehead atoms. The van der Waals surface area contributed by atoms with Crippen LogP contribution in [0, 0.1) is 6.92 Å². The van der Waals surface area contributed by atoms with E-state index in [0.29, 0.717) is 5.13 Å². The molecule has 0 saturated heterocycles. The van der Waals surface area contributed by atoms with E-state index >= 15 is 0 Å². The molecule has 3 aromatic rings. The molecule has 3 rings (SSSR count). The lowest BCUT2D eigenvalue weighted by Gasteiger charge is -2.01. The van der Waals surface area contributed by atoms with Gasteiger partial charge in [-0.1, -0.05) is 29.5 Å². The SMILES string of the molecule is Cc1nnc(NC(=O)Cc2csc(Nc3ccccc3)n2)s1. The summed E-state index contributed by atoms with van der Waals surface area (Å²) in [5.41, 5.74) is 1.69. The number of nitrogens with one attached hydrogen (secondary N) is 2. The van der Waals surface area contributed by atoms with E-state index < -0.39 is 0 Å². The highest BCUT2D eigenvalue weighted by atomic mass is 32.1. The quantitative estimate of drug-likeness (QED) is 0.750. The Morgan fingerprint density at radius 3 is 2.73 bits per heavy atom. The molecule has 22 heavy (non-hydrogen) atoms. The fourth-order valence-corrected chi connectivity index (χ4v) is 3.10. The molecule has 8 heteroatoms. The van der Waals surface area contributed by atoms with E-state index in [4.69, 9.17) is 0 Å². The van der Waals surface area contributed by atoms with Gasteiger partial charge in [-0.15, -0.1) is 21.5 Å². The smallest absolute Gasteiger partial charge is 0.232 e. The van der Waals surface area contributed by atoms with Crippen LogP contribution in [-0.4, -0.2) is 21.1 Å². The van der Waals surface area contributed by atoms with Gasteiger partial charge in [-0.3, -0.25) is 4.79 Å². The Bertz CT molecular complexity index is 768. The third-order valence-electron chi connectivity index (χ3n) is 2.69. The summed E-state index contributed by atoms with van der Waals surface area (Å²) < 4.78 is 0. The number of aryl methyl sites for hydroxylation is 1. The van der Waals surface area contributed by atoms with Gasteiger partial charge in [0.05, 0.1) is 12.1 Å². The molecule has 0 unspecified atom stereocenters. The van der Waals surface area contributed by atoms with E-state index in [2.05, 4.69) is 25.8 Å². The number of carbonyl (C=O) groups excluding carboxylic acids is 1. The van der Waals surface area contributed by atoms with Gasteiger partial charge >= 0.3 is 0 Å². The van der Waals surface area contributed by atoms with Crippen molar-refractivity contribution in [1.29, 1.82) is 0 Å². The molecule has 0 radical (unpaired) electrons. The maximum absolute atomic E-state index is 11.9. The van der Waals surface area contributed by atoms with Gasteiger partial charge in [0.1, 0.15) is 5.01 Å². The second-order valence-corrected chi connectivity index (χ2v) is 6.53. The average Bonchev–Trinajstić information content (AvgIpc) is 3.09. The Hall–Kier alpha value is -2.32. The number of thiazole rings is 1. The van der Waals surface area contributed by atoms with Crippen LogP contribution in [0.3, 0.4) is 0 Å². The van der Waals surface area contributed by atoms with Crippen LogP contribution < -0.4 is 10.6 Å². The largest absolute Gasteiger partial charge is 0.332 e. The molecule has 0 aliphatic heterocycles. The van der Waals surface area contributed by atoms with E-state index in [0.717, 1.165) is 21.5 Å². The van der Waals surface area contributed by atoms with Crippen molar-refractivity contribution in [1.82, 2.24) is 15.2 Å². The highest BCUT2D eigenvalue weighted by Gasteiger charge is 2.10. The van der Waals surface area contributed by atoms with Crippen LogP contribution in [0.5, 0.6) is 0 Å². The lowest BCUT2D eigenvalue weighted by Crippen LogP contribution is -2.14. The monoisotopic (exact) mass is 331 g/mol. The van der Waals surface area contributed by atoms with E-state index in [1.54, 1.807) is 0 Å². The second-order valence-electron chi connectivity index (χ2n) is 4.49. The first-order chi connectivity index (χ1) is 10.7. The highest BCUT2D eigenvalue weighted by Crippen LogP contribution is 2.21. The van der Waals surface area contributed by atoms with Crippen LogP contribution in [0.25, 0.3) is 0 Å². The Kier molecular flexibility index (Phi) is 4.40. The van der Waals surface area contributed by atoms with Crippen molar-refractivity contribution >= 4 is 44.5 Å². The third kappa shape index (κ3) is 3.86. The minimum absolute atomic E-state index is 0.146. The zero-order chi connectivity index (χ0) is 15.4. The number of amides is 1. The van der Waals surface area contributed by atoms with E-state index in [-0.39, 0.29) is 12.3 Å². The van der Waals surface area contributed by atoms with Crippen molar-refractivity contribution in [3.05, 3.63) is 46.4 Å². The molecule has 2 aromatic heterocycles. The molecule has 0 atom stereocenters. The normalized spacial score (nSPS) is 10.4. The van der Waals surface area contributed by atoms with Gasteiger partial charge in [-0.05, 0) is 19.1 Å². The first-order valence-electron chi connectivity index (χ1n) is 6.55. The lowest BCUT2D eigenvalue weighted by atomic mass is 10.3. The van der Waals surface area contributed by atoms with Crippen LogP contribution in [-0.2, 0) is 11.2 Å². The molecule has 0 spiro atoms. The lowest BCUT2D eigenvalue weighted by molar-refractivity contribution is -0.115. The van der Waals surface area contributed by atoms with Gasteiger partial charge in [0.15, 0.2) is 5.13 Å². The van der Waals surface area contributed by atoms with Crippen molar-refractivity contribution in [2.24, 2.45) is 0 Å². The second kappa shape index (κ2) is 6.63. The van der Waals surface area contributed by atoms with Gasteiger partial charge in [0.25, 0.3) is 0 Å². The summed E-state index contributed by atoms with van der Waals surface area (Å²) >= 11 is 2.82. The number of benzene rings is 1. The van der Waals surface area contributed by atoms with Crippen LogP contribution in [0.2, 0.25) is 0 Å². The molecule has 0 aliphatic rings. The van der Waals surface area contributed by atoms with Gasteiger partial charge in [0.2, 0.25) is 11.0 Å². The Labute approximate surface area is 135 Å². The van der Waals surface area contributed by atoms with E-state index in [9.17, 15) is 4.79 Å². The summed E-state index contributed by atoms with van der Waals surface area (Å²) in [6.45, 7) is 1.84. The summed E-state index contributed by atoms with van der Waals surface area (Å²) in [5, 5.41) is 17.6. The molecule has 6 nitrogen and oxygen atoms in total. The summed E-state index contributed by atoms with van der Waals surface area (Å²) in [4.78, 5) is 16.3. The number of nitrogens with zero attached hydrogens (tertiary/aromatic N) is 3. The first kappa shape index (κ1) is 14.6. The minimum atomic E-state index is -0.146. The molecular formula is C14H13N5OS2. The number of hydrogen-bond acceptors (Lipinski definition) is 7.